The zero-order valence-corrected chi connectivity index (χ0v) is 17.0. The van der Waals surface area contributed by atoms with E-state index in [1.54, 1.807) is 18.3 Å². The van der Waals surface area contributed by atoms with Crippen molar-refractivity contribution in [3.05, 3.63) is 108 Å². The molecule has 31 heavy (non-hydrogen) atoms. The maximum absolute atomic E-state index is 13.1. The number of hydrogen-bond donors (Lipinski definition) is 1. The first-order chi connectivity index (χ1) is 15.1. The molecule has 0 unspecified atom stereocenters. The van der Waals surface area contributed by atoms with Crippen LogP contribution in [0.5, 0.6) is 0 Å². The lowest BCUT2D eigenvalue weighted by Gasteiger charge is -2.21. The first-order valence-corrected chi connectivity index (χ1v) is 9.86. The predicted molar refractivity (Wildman–Crippen MR) is 120 cm³/mol. The molecule has 0 aliphatic rings. The molecule has 1 N–H and O–H groups in total. The van der Waals surface area contributed by atoms with Crippen LogP contribution in [0.15, 0.2) is 91.1 Å². The Morgan fingerprint density at radius 3 is 2.26 bits per heavy atom. The van der Waals surface area contributed by atoms with Crippen LogP contribution in [0, 0.1) is 5.82 Å². The summed E-state index contributed by atoms with van der Waals surface area (Å²) in [6.07, 6.45) is 1.55. The molecule has 1 aromatic heterocycles. The molecule has 0 spiro atoms. The van der Waals surface area contributed by atoms with Crippen LogP contribution in [-0.2, 0) is 6.54 Å². The van der Waals surface area contributed by atoms with Gasteiger partial charge in [0.2, 0.25) is 0 Å². The first-order valence-electron chi connectivity index (χ1n) is 9.86. The fourth-order valence-electron chi connectivity index (χ4n) is 3.17. The van der Waals surface area contributed by atoms with Crippen molar-refractivity contribution in [2.75, 3.05) is 11.9 Å². The number of para-hydroxylation sites is 1. The quantitative estimate of drug-likeness (QED) is 0.485. The van der Waals surface area contributed by atoms with E-state index in [2.05, 4.69) is 10.3 Å². The summed E-state index contributed by atoms with van der Waals surface area (Å²) in [7, 11) is 1.86. The van der Waals surface area contributed by atoms with Gasteiger partial charge in [-0.1, -0.05) is 60.7 Å². The van der Waals surface area contributed by atoms with Gasteiger partial charge < -0.3 is 10.2 Å². The van der Waals surface area contributed by atoms with Crippen molar-refractivity contribution in [2.24, 2.45) is 0 Å². The van der Waals surface area contributed by atoms with Gasteiger partial charge in [-0.15, -0.1) is 0 Å². The molecular formula is C25H21FN4O. The Morgan fingerprint density at radius 1 is 0.935 bits per heavy atom. The molecule has 154 valence electrons. The number of carbonyl (C=O) groups is 1. The summed E-state index contributed by atoms with van der Waals surface area (Å²) >= 11 is 0. The molecule has 4 rings (SSSR count). The van der Waals surface area contributed by atoms with Gasteiger partial charge in [0.25, 0.3) is 5.91 Å². The number of aromatic nitrogens is 2. The summed E-state index contributed by atoms with van der Waals surface area (Å²) in [4.78, 5) is 24.0. The van der Waals surface area contributed by atoms with Crippen molar-refractivity contribution in [1.29, 1.82) is 0 Å². The number of anilines is 2. The lowest BCUT2D eigenvalue weighted by Crippen LogP contribution is -2.26. The molecule has 0 aliphatic heterocycles. The van der Waals surface area contributed by atoms with Gasteiger partial charge in [-0.3, -0.25) is 4.79 Å². The minimum atomic E-state index is -0.313. The molecule has 0 saturated heterocycles. The molecule has 1 amide bonds. The third kappa shape index (κ3) is 4.75. The number of hydrogen-bond acceptors (Lipinski definition) is 4. The van der Waals surface area contributed by atoms with Crippen LogP contribution in [0.4, 0.5) is 15.9 Å². The minimum Gasteiger partial charge on any atom is -0.348 e. The van der Waals surface area contributed by atoms with E-state index < -0.39 is 0 Å². The fraction of sp³-hybridized carbons (Fsp3) is 0.0800. The molecule has 6 heteroatoms. The summed E-state index contributed by atoms with van der Waals surface area (Å²) in [5.74, 6) is 0.415. The van der Waals surface area contributed by atoms with Crippen LogP contribution in [0.25, 0.3) is 11.4 Å². The standard InChI is InChI=1S/C25H21FN4O/c1-30(21-10-6-3-7-11-21)24-22(17-27-23(29-24)19-8-4-2-5-9-19)25(31)28-16-18-12-14-20(26)15-13-18/h2-15,17H,16H2,1H3,(H,28,31). The lowest BCUT2D eigenvalue weighted by molar-refractivity contribution is 0.0951. The normalized spacial score (nSPS) is 10.5. The number of nitrogens with zero attached hydrogens (tertiary/aromatic N) is 3. The Kier molecular flexibility index (Phi) is 5.98. The number of rotatable bonds is 6. The van der Waals surface area contributed by atoms with Crippen LogP contribution in [0.1, 0.15) is 15.9 Å². The molecule has 3 aromatic carbocycles. The Labute approximate surface area is 180 Å². The Hall–Kier alpha value is -4.06. The zero-order chi connectivity index (χ0) is 21.6. The molecule has 0 bridgehead atoms. The van der Waals surface area contributed by atoms with Crippen LogP contribution < -0.4 is 10.2 Å². The van der Waals surface area contributed by atoms with Crippen molar-refractivity contribution in [3.8, 4) is 11.4 Å². The van der Waals surface area contributed by atoms with Gasteiger partial charge in [0.05, 0.1) is 0 Å². The molecule has 0 radical (unpaired) electrons. The van der Waals surface area contributed by atoms with Crippen molar-refractivity contribution in [2.45, 2.75) is 6.54 Å². The van der Waals surface area contributed by atoms with Crippen molar-refractivity contribution in [1.82, 2.24) is 15.3 Å². The fourth-order valence-corrected chi connectivity index (χ4v) is 3.17. The molecule has 4 aromatic rings. The Bertz CT molecular complexity index is 1170. The number of halogens is 1. The minimum absolute atomic E-state index is 0.272. The molecule has 0 fully saturated rings. The second kappa shape index (κ2) is 9.17. The van der Waals surface area contributed by atoms with E-state index in [1.165, 1.54) is 12.1 Å². The number of nitrogens with one attached hydrogen (secondary N) is 1. The first kappa shape index (κ1) is 20.2. The summed E-state index contributed by atoms with van der Waals surface area (Å²) in [6.45, 7) is 0.272. The molecule has 5 nitrogen and oxygen atoms in total. The summed E-state index contributed by atoms with van der Waals surface area (Å²) in [6, 6.07) is 25.3. The maximum Gasteiger partial charge on any atom is 0.256 e. The second-order valence-corrected chi connectivity index (χ2v) is 7.00. The van der Waals surface area contributed by atoms with Crippen molar-refractivity contribution >= 4 is 17.4 Å². The van der Waals surface area contributed by atoms with E-state index in [0.717, 1.165) is 16.8 Å². The van der Waals surface area contributed by atoms with Gasteiger partial charge in [-0.2, -0.15) is 0 Å². The van der Waals surface area contributed by atoms with E-state index >= 15 is 0 Å². The lowest BCUT2D eigenvalue weighted by atomic mass is 10.2. The van der Waals surface area contributed by atoms with E-state index in [4.69, 9.17) is 4.98 Å². The molecule has 0 aliphatic carbocycles. The maximum atomic E-state index is 13.1. The van der Waals surface area contributed by atoms with Crippen molar-refractivity contribution < 1.29 is 9.18 Å². The van der Waals surface area contributed by atoms with Gasteiger partial charge in [0.15, 0.2) is 5.82 Å². The topological polar surface area (TPSA) is 58.1 Å². The summed E-state index contributed by atoms with van der Waals surface area (Å²) in [5.41, 5.74) is 2.92. The van der Waals surface area contributed by atoms with Crippen LogP contribution in [-0.4, -0.2) is 22.9 Å². The second-order valence-electron chi connectivity index (χ2n) is 7.00. The molecule has 0 saturated carbocycles. The average molecular weight is 412 g/mol. The van der Waals surface area contributed by atoms with Crippen LogP contribution in [0.3, 0.4) is 0 Å². The van der Waals surface area contributed by atoms with Gasteiger partial charge in [0, 0.05) is 31.0 Å². The predicted octanol–water partition coefficient (Wildman–Crippen LogP) is 4.98. The average Bonchev–Trinajstić information content (AvgIpc) is 2.84. The van der Waals surface area contributed by atoms with Gasteiger partial charge >= 0.3 is 0 Å². The largest absolute Gasteiger partial charge is 0.348 e. The monoisotopic (exact) mass is 412 g/mol. The Balaban J connectivity index is 1.66. The SMILES string of the molecule is CN(c1ccccc1)c1nc(-c2ccccc2)ncc1C(=O)NCc1ccc(F)cc1. The van der Waals surface area contributed by atoms with Crippen molar-refractivity contribution in [3.63, 3.8) is 0 Å². The third-order valence-electron chi connectivity index (χ3n) is 4.87. The number of carbonyl (C=O) groups excluding carboxylic acids is 1. The van der Waals surface area contributed by atoms with Gasteiger partial charge in [-0.25, -0.2) is 14.4 Å². The highest BCUT2D eigenvalue weighted by Crippen LogP contribution is 2.27. The van der Waals surface area contributed by atoms with E-state index in [0.29, 0.717) is 17.2 Å². The van der Waals surface area contributed by atoms with Crippen LogP contribution in [0.2, 0.25) is 0 Å². The Morgan fingerprint density at radius 2 is 1.58 bits per heavy atom. The van der Waals surface area contributed by atoms with Gasteiger partial charge in [-0.05, 0) is 29.8 Å². The zero-order valence-electron chi connectivity index (χ0n) is 17.0. The highest BCUT2D eigenvalue weighted by atomic mass is 19.1. The molecule has 1 heterocycles. The highest BCUT2D eigenvalue weighted by molar-refractivity contribution is 5.99. The molecule has 0 atom stereocenters. The smallest absolute Gasteiger partial charge is 0.256 e. The number of amides is 1. The van der Waals surface area contributed by atoms with Crippen LogP contribution >= 0.6 is 0 Å². The number of benzene rings is 3. The van der Waals surface area contributed by atoms with E-state index in [-0.39, 0.29) is 18.3 Å². The van der Waals surface area contributed by atoms with E-state index in [1.807, 2.05) is 72.6 Å². The highest BCUT2D eigenvalue weighted by Gasteiger charge is 2.19. The van der Waals surface area contributed by atoms with E-state index in [9.17, 15) is 9.18 Å². The third-order valence-corrected chi connectivity index (χ3v) is 4.87. The summed E-state index contributed by atoms with van der Waals surface area (Å²) < 4.78 is 13.1. The van der Waals surface area contributed by atoms with Gasteiger partial charge in [0.1, 0.15) is 17.2 Å². The molecular weight excluding hydrogens is 391 g/mol. The summed E-state index contributed by atoms with van der Waals surface area (Å²) in [5, 5.41) is 2.87.